The first-order chi connectivity index (χ1) is 9.23. The number of aryl methyl sites for hydroxylation is 1. The fourth-order valence-electron chi connectivity index (χ4n) is 1.79. The zero-order chi connectivity index (χ0) is 14.3. The van der Waals surface area contributed by atoms with Crippen LogP contribution in [0.1, 0.15) is 18.9 Å². The average Bonchev–Trinajstić information content (AvgIpc) is 2.42. The molecule has 0 amide bonds. The van der Waals surface area contributed by atoms with E-state index in [4.69, 9.17) is 0 Å². The van der Waals surface area contributed by atoms with Crippen molar-refractivity contribution in [1.82, 2.24) is 0 Å². The molecular weight excluding hydrogens is 280 g/mol. The molecule has 4 nitrogen and oxygen atoms in total. The number of benzene rings is 1. The highest BCUT2D eigenvalue weighted by atomic mass is 32.2. The first kappa shape index (κ1) is 15.7. The van der Waals surface area contributed by atoms with Crippen molar-refractivity contribution in [3.63, 3.8) is 0 Å². The van der Waals surface area contributed by atoms with Gasteiger partial charge < -0.3 is 0 Å². The number of rotatable bonds is 6. The van der Waals surface area contributed by atoms with E-state index < -0.39 is 0 Å². The minimum atomic E-state index is 0.531. The van der Waals surface area contributed by atoms with Crippen molar-refractivity contribution < 1.29 is 9.59 Å². The first-order valence-electron chi connectivity index (χ1n) is 5.67. The van der Waals surface area contributed by atoms with E-state index in [0.29, 0.717) is 11.4 Å². The summed E-state index contributed by atoms with van der Waals surface area (Å²) in [5.41, 5.74) is 2.07. The third kappa shape index (κ3) is 3.58. The zero-order valence-corrected chi connectivity index (χ0v) is 12.7. The van der Waals surface area contributed by atoms with Crippen molar-refractivity contribution in [2.45, 2.75) is 29.6 Å². The lowest BCUT2D eigenvalue weighted by Crippen LogP contribution is -1.90. The number of thioether (sulfide) groups is 2. The van der Waals surface area contributed by atoms with Gasteiger partial charge in [0.05, 0.1) is 10.6 Å². The van der Waals surface area contributed by atoms with E-state index in [1.807, 2.05) is 18.6 Å². The molecule has 0 aliphatic rings. The van der Waals surface area contributed by atoms with Gasteiger partial charge >= 0.3 is 0 Å². The van der Waals surface area contributed by atoms with Crippen LogP contribution in [-0.4, -0.2) is 24.7 Å². The van der Waals surface area contributed by atoms with Gasteiger partial charge in [0.25, 0.3) is 0 Å². The predicted molar refractivity (Wildman–Crippen MR) is 79.6 cm³/mol. The highest BCUT2D eigenvalue weighted by Crippen LogP contribution is 2.45. The molecule has 0 saturated carbocycles. The van der Waals surface area contributed by atoms with Crippen LogP contribution in [0.3, 0.4) is 0 Å². The number of isocyanates is 2. The van der Waals surface area contributed by atoms with Gasteiger partial charge in [-0.05, 0) is 30.6 Å². The second-order valence-electron chi connectivity index (χ2n) is 3.62. The number of hydrogen-bond donors (Lipinski definition) is 0. The van der Waals surface area contributed by atoms with Crippen molar-refractivity contribution in [1.29, 1.82) is 0 Å². The molecule has 19 heavy (non-hydrogen) atoms. The summed E-state index contributed by atoms with van der Waals surface area (Å²) in [6.45, 7) is 2.06. The molecule has 0 fully saturated rings. The summed E-state index contributed by atoms with van der Waals surface area (Å²) in [5.74, 6) is 0. The molecule has 1 aromatic carbocycles. The van der Waals surface area contributed by atoms with Crippen molar-refractivity contribution in [2.24, 2.45) is 9.98 Å². The lowest BCUT2D eigenvalue weighted by Gasteiger charge is -2.13. The van der Waals surface area contributed by atoms with Gasteiger partial charge in [0, 0.05) is 4.90 Å². The highest BCUT2D eigenvalue weighted by molar-refractivity contribution is 7.99. The van der Waals surface area contributed by atoms with Crippen LogP contribution in [0.15, 0.2) is 25.8 Å². The highest BCUT2D eigenvalue weighted by Gasteiger charge is 2.17. The lowest BCUT2D eigenvalue weighted by atomic mass is 10.1. The molecule has 0 aromatic heterocycles. The summed E-state index contributed by atoms with van der Waals surface area (Å²) in [5, 5.41) is 0. The van der Waals surface area contributed by atoms with Crippen LogP contribution < -0.4 is 0 Å². The number of aliphatic imine (C=N–C) groups is 2. The van der Waals surface area contributed by atoms with E-state index in [9.17, 15) is 9.59 Å². The molecule has 0 unspecified atom stereocenters. The summed E-state index contributed by atoms with van der Waals surface area (Å²) in [6, 6.07) is 1.93. The second kappa shape index (κ2) is 7.97. The third-order valence-electron chi connectivity index (χ3n) is 2.53. The fraction of sp³-hybridized carbons (Fsp3) is 0.385. The maximum atomic E-state index is 10.6. The summed E-state index contributed by atoms with van der Waals surface area (Å²) in [4.78, 5) is 30.3. The zero-order valence-electron chi connectivity index (χ0n) is 11.0. The molecule has 6 heteroatoms. The molecule has 100 valence electrons. The van der Waals surface area contributed by atoms with E-state index in [1.165, 1.54) is 23.5 Å². The first-order valence-corrected chi connectivity index (χ1v) is 8.11. The van der Waals surface area contributed by atoms with E-state index in [2.05, 4.69) is 16.9 Å². The van der Waals surface area contributed by atoms with Crippen molar-refractivity contribution >= 4 is 47.1 Å². The Morgan fingerprint density at radius 3 is 2.21 bits per heavy atom. The Labute approximate surface area is 120 Å². The van der Waals surface area contributed by atoms with Gasteiger partial charge in [-0.15, -0.1) is 23.5 Å². The van der Waals surface area contributed by atoms with Crippen LogP contribution in [0.5, 0.6) is 0 Å². The number of carbonyl (C=O) groups excluding carboxylic acids is 2. The lowest BCUT2D eigenvalue weighted by molar-refractivity contribution is 0.564. The van der Waals surface area contributed by atoms with Crippen molar-refractivity contribution in [2.75, 3.05) is 12.5 Å². The van der Waals surface area contributed by atoms with Crippen LogP contribution in [0.2, 0.25) is 0 Å². The SMILES string of the molecule is CCCc1cc(SC)c(N=C=O)c(SC)c1N=C=O. The quantitative estimate of drug-likeness (QED) is 0.452. The molecule has 0 bridgehead atoms. The van der Waals surface area contributed by atoms with Gasteiger partial charge in [0.1, 0.15) is 5.69 Å². The van der Waals surface area contributed by atoms with Gasteiger partial charge in [0.2, 0.25) is 12.2 Å². The monoisotopic (exact) mass is 294 g/mol. The summed E-state index contributed by atoms with van der Waals surface area (Å²) in [7, 11) is 0. The molecule has 0 aliphatic heterocycles. The molecule has 0 aliphatic carbocycles. The van der Waals surface area contributed by atoms with E-state index in [-0.39, 0.29) is 0 Å². The number of nitrogens with zero attached hydrogens (tertiary/aromatic N) is 2. The molecule has 0 heterocycles. The van der Waals surface area contributed by atoms with Gasteiger partial charge in [-0.3, -0.25) is 0 Å². The standard InChI is InChI=1S/C13H14N2O2S2/c1-4-5-9-6-10(18-2)12(15-8-17)13(19-3)11(9)14-7-16/h6H,4-5H2,1-3H3. The molecule has 0 saturated heterocycles. The van der Waals surface area contributed by atoms with Crippen molar-refractivity contribution in [3.05, 3.63) is 11.6 Å². The van der Waals surface area contributed by atoms with Crippen LogP contribution in [0, 0.1) is 0 Å². The Balaban J connectivity index is 3.69. The number of hydrogen-bond acceptors (Lipinski definition) is 6. The fourth-order valence-corrected chi connectivity index (χ4v) is 3.18. The molecule has 0 radical (unpaired) electrons. The maximum absolute atomic E-state index is 10.6. The van der Waals surface area contributed by atoms with Crippen LogP contribution in [-0.2, 0) is 16.0 Å². The van der Waals surface area contributed by atoms with Crippen LogP contribution in [0.4, 0.5) is 11.4 Å². The molecule has 0 N–H and O–H groups in total. The maximum Gasteiger partial charge on any atom is 0.240 e. The Morgan fingerprint density at radius 2 is 1.74 bits per heavy atom. The van der Waals surface area contributed by atoms with Gasteiger partial charge in [-0.1, -0.05) is 13.3 Å². The minimum absolute atomic E-state index is 0.531. The van der Waals surface area contributed by atoms with E-state index >= 15 is 0 Å². The Hall–Kier alpha value is -1.32. The molecule has 0 atom stereocenters. The topological polar surface area (TPSA) is 58.9 Å². The van der Waals surface area contributed by atoms with Gasteiger partial charge in [-0.25, -0.2) is 9.59 Å². The van der Waals surface area contributed by atoms with Crippen LogP contribution in [0.25, 0.3) is 0 Å². The van der Waals surface area contributed by atoms with Gasteiger partial charge in [0.15, 0.2) is 0 Å². The Morgan fingerprint density at radius 1 is 1.11 bits per heavy atom. The normalized spacial score (nSPS) is 9.63. The average molecular weight is 294 g/mol. The van der Waals surface area contributed by atoms with E-state index in [1.54, 1.807) is 12.2 Å². The van der Waals surface area contributed by atoms with Crippen LogP contribution >= 0.6 is 23.5 Å². The summed E-state index contributed by atoms with van der Waals surface area (Å²) in [6.07, 6.45) is 8.68. The Bertz CT molecular complexity index is 560. The van der Waals surface area contributed by atoms with Gasteiger partial charge in [-0.2, -0.15) is 9.98 Å². The summed E-state index contributed by atoms with van der Waals surface area (Å²) >= 11 is 2.92. The minimum Gasteiger partial charge on any atom is -0.211 e. The third-order valence-corrected chi connectivity index (χ3v) is 4.08. The Kier molecular flexibility index (Phi) is 6.60. The molecule has 1 rings (SSSR count). The molecular formula is C13H14N2O2S2. The van der Waals surface area contributed by atoms with Crippen molar-refractivity contribution in [3.8, 4) is 0 Å². The smallest absolute Gasteiger partial charge is 0.211 e. The second-order valence-corrected chi connectivity index (χ2v) is 5.29. The van der Waals surface area contributed by atoms with E-state index in [0.717, 1.165) is 28.2 Å². The molecule has 1 aromatic rings. The molecule has 0 spiro atoms. The predicted octanol–water partition coefficient (Wildman–Crippen LogP) is 4.02. The summed E-state index contributed by atoms with van der Waals surface area (Å²) < 4.78 is 0. The largest absolute Gasteiger partial charge is 0.240 e.